The van der Waals surface area contributed by atoms with E-state index in [0.717, 1.165) is 66.7 Å². The van der Waals surface area contributed by atoms with Gasteiger partial charge in [0.25, 0.3) is 0 Å². The number of carbonyl (C=O) groups excluding carboxylic acids is 2. The number of unbranched alkanes of at least 4 members (excludes halogenated alkanes) is 3. The molecule has 0 saturated carbocycles. The van der Waals surface area contributed by atoms with Gasteiger partial charge < -0.3 is 19.9 Å². The lowest BCUT2D eigenvalue weighted by molar-refractivity contribution is -0.134. The Morgan fingerprint density at radius 1 is 0.953 bits per heavy atom. The van der Waals surface area contributed by atoms with Crippen molar-refractivity contribution in [1.29, 1.82) is 0 Å². The molecule has 1 aromatic heterocycles. The molecule has 1 saturated heterocycles. The van der Waals surface area contributed by atoms with Crippen molar-refractivity contribution in [2.45, 2.75) is 69.9 Å². The van der Waals surface area contributed by atoms with Gasteiger partial charge in [-0.05, 0) is 47.1 Å². The van der Waals surface area contributed by atoms with Crippen LogP contribution in [0.4, 0.5) is 4.79 Å². The normalized spacial score (nSPS) is 16.5. The molecule has 2 aliphatic rings. The second-order valence-electron chi connectivity index (χ2n) is 11.6. The summed E-state index contributed by atoms with van der Waals surface area (Å²) in [5.41, 5.74) is 6.69. The first-order valence-electron chi connectivity index (χ1n) is 15.7. The topological polar surface area (TPSA) is 87.3 Å². The quantitative estimate of drug-likeness (QED) is 0.180. The van der Waals surface area contributed by atoms with E-state index >= 15 is 0 Å². The van der Waals surface area contributed by atoms with Crippen molar-refractivity contribution in [1.82, 2.24) is 20.2 Å². The zero-order valence-electron chi connectivity index (χ0n) is 24.8. The van der Waals surface area contributed by atoms with E-state index in [2.05, 4.69) is 46.5 Å². The number of hydrogen-bond donors (Lipinski definition) is 2. The van der Waals surface area contributed by atoms with Gasteiger partial charge in [0, 0.05) is 12.5 Å². The predicted octanol–water partition coefficient (Wildman–Crippen LogP) is 7.62. The van der Waals surface area contributed by atoms with Crippen molar-refractivity contribution < 1.29 is 14.3 Å². The van der Waals surface area contributed by atoms with E-state index in [0.29, 0.717) is 13.0 Å². The Morgan fingerprint density at radius 2 is 1.65 bits per heavy atom. The number of carbonyl (C=O) groups is 2. The molecular weight excluding hydrogens is 536 g/mol. The third kappa shape index (κ3) is 6.21. The molecule has 1 aliphatic heterocycles. The number of ether oxygens (including phenoxy) is 1. The number of hydrogen-bond acceptors (Lipinski definition) is 4. The summed E-state index contributed by atoms with van der Waals surface area (Å²) >= 11 is 0. The first-order valence-corrected chi connectivity index (χ1v) is 15.7. The van der Waals surface area contributed by atoms with E-state index in [-0.39, 0.29) is 24.5 Å². The number of imidazole rings is 1. The van der Waals surface area contributed by atoms with Gasteiger partial charge in [-0.25, -0.2) is 9.78 Å². The minimum atomic E-state index is -0.642. The van der Waals surface area contributed by atoms with Crippen LogP contribution < -0.4 is 5.32 Å². The molecule has 3 aromatic carbocycles. The van der Waals surface area contributed by atoms with E-state index in [1.807, 2.05) is 65.7 Å². The Morgan fingerprint density at radius 3 is 2.37 bits per heavy atom. The smallest absolute Gasteiger partial charge is 0.407 e. The van der Waals surface area contributed by atoms with Gasteiger partial charge >= 0.3 is 6.09 Å². The SMILES string of the molecule is CCCCCC[C@H](NC(=O)OCC1c2ccccc2-c2ccccc21)C(=O)N1CCC[C@H]1c1ncc(-c2ccccc2)[nH]1. The fourth-order valence-corrected chi connectivity index (χ4v) is 6.60. The maximum atomic E-state index is 14.0. The van der Waals surface area contributed by atoms with Crippen LogP contribution in [0.1, 0.15) is 80.8 Å². The number of aromatic amines is 1. The van der Waals surface area contributed by atoms with Crippen LogP contribution in [0.5, 0.6) is 0 Å². The standard InChI is InChI=1S/C36H40N4O3/c1-2-3-4-8-20-31(35(41)40-22-13-21-33(40)34-37-23-32(38-34)25-14-6-5-7-15-25)39-36(42)43-24-30-28-18-11-9-16-26(28)27-17-10-12-19-29(27)30/h5-7,9-12,14-19,23,30-31,33H,2-4,8,13,20-22,24H2,1H3,(H,37,38)(H,39,42)/t31-,33-/m0/s1. The van der Waals surface area contributed by atoms with Gasteiger partial charge in [0.05, 0.1) is 17.9 Å². The van der Waals surface area contributed by atoms with E-state index in [9.17, 15) is 9.59 Å². The Hall–Kier alpha value is -4.39. The zero-order valence-corrected chi connectivity index (χ0v) is 24.8. The van der Waals surface area contributed by atoms with E-state index < -0.39 is 12.1 Å². The van der Waals surface area contributed by atoms with Crippen LogP contribution in [0.2, 0.25) is 0 Å². The molecule has 43 heavy (non-hydrogen) atoms. The Kier molecular flexibility index (Phi) is 8.87. The highest BCUT2D eigenvalue weighted by molar-refractivity contribution is 5.86. The summed E-state index contributed by atoms with van der Waals surface area (Å²) in [5, 5.41) is 2.96. The Labute approximate surface area is 253 Å². The number of likely N-dealkylation sites (tertiary alicyclic amines) is 1. The first-order chi connectivity index (χ1) is 21.1. The molecule has 0 bridgehead atoms. The lowest BCUT2D eigenvalue weighted by Crippen LogP contribution is -2.48. The minimum absolute atomic E-state index is 0.0300. The summed E-state index contributed by atoms with van der Waals surface area (Å²) in [5.74, 6) is 0.693. The largest absolute Gasteiger partial charge is 0.449 e. The van der Waals surface area contributed by atoms with Crippen LogP contribution in [0.3, 0.4) is 0 Å². The number of nitrogens with one attached hydrogen (secondary N) is 2. The van der Waals surface area contributed by atoms with Crippen molar-refractivity contribution in [2.75, 3.05) is 13.2 Å². The fourth-order valence-electron chi connectivity index (χ4n) is 6.60. The number of aromatic nitrogens is 2. The molecule has 2 atom stereocenters. The van der Waals surface area contributed by atoms with Gasteiger partial charge in [0.15, 0.2) is 0 Å². The number of benzene rings is 3. The maximum absolute atomic E-state index is 14.0. The Balaban J connectivity index is 1.14. The average Bonchev–Trinajstić information content (AvgIpc) is 3.80. The lowest BCUT2D eigenvalue weighted by atomic mass is 9.98. The molecule has 4 aromatic rings. The molecule has 0 spiro atoms. The molecule has 0 radical (unpaired) electrons. The van der Waals surface area contributed by atoms with Crippen molar-refractivity contribution in [3.05, 3.63) is 102 Å². The second-order valence-corrected chi connectivity index (χ2v) is 11.6. The van der Waals surface area contributed by atoms with Gasteiger partial charge in [-0.1, -0.05) is 111 Å². The highest BCUT2D eigenvalue weighted by Crippen LogP contribution is 2.44. The molecule has 7 heteroatoms. The summed E-state index contributed by atoms with van der Waals surface area (Å²) < 4.78 is 5.83. The van der Waals surface area contributed by atoms with Gasteiger partial charge in [0.1, 0.15) is 18.5 Å². The van der Waals surface area contributed by atoms with Crippen molar-refractivity contribution in [3.8, 4) is 22.4 Å². The molecular formula is C36H40N4O3. The monoisotopic (exact) mass is 576 g/mol. The van der Waals surface area contributed by atoms with E-state index in [4.69, 9.17) is 4.74 Å². The predicted molar refractivity (Wildman–Crippen MR) is 168 cm³/mol. The van der Waals surface area contributed by atoms with Crippen LogP contribution in [-0.2, 0) is 9.53 Å². The molecule has 2 amide bonds. The summed E-state index contributed by atoms with van der Waals surface area (Å²) in [6.45, 7) is 3.03. The van der Waals surface area contributed by atoms with Crippen LogP contribution in [0.25, 0.3) is 22.4 Å². The molecule has 222 valence electrons. The van der Waals surface area contributed by atoms with Gasteiger partial charge in [0.2, 0.25) is 5.91 Å². The third-order valence-electron chi connectivity index (χ3n) is 8.81. The van der Waals surface area contributed by atoms with Crippen LogP contribution >= 0.6 is 0 Å². The number of amides is 2. The zero-order chi connectivity index (χ0) is 29.6. The van der Waals surface area contributed by atoms with Crippen molar-refractivity contribution in [3.63, 3.8) is 0 Å². The summed E-state index contributed by atoms with van der Waals surface area (Å²) in [7, 11) is 0. The molecule has 1 fully saturated rings. The highest BCUT2D eigenvalue weighted by atomic mass is 16.5. The van der Waals surface area contributed by atoms with Crippen molar-refractivity contribution >= 4 is 12.0 Å². The van der Waals surface area contributed by atoms with Crippen LogP contribution in [0, 0.1) is 0 Å². The molecule has 0 unspecified atom stereocenters. The van der Waals surface area contributed by atoms with Crippen molar-refractivity contribution in [2.24, 2.45) is 0 Å². The number of alkyl carbamates (subject to hydrolysis) is 1. The van der Waals surface area contributed by atoms with Crippen LogP contribution in [0.15, 0.2) is 85.1 Å². The Bertz CT molecular complexity index is 1500. The lowest BCUT2D eigenvalue weighted by Gasteiger charge is -2.28. The average molecular weight is 577 g/mol. The first kappa shape index (κ1) is 28.7. The molecule has 1 aliphatic carbocycles. The fraction of sp³-hybridized carbons (Fsp3) is 0.361. The number of fused-ring (bicyclic) bond motifs is 3. The number of H-pyrrole nitrogens is 1. The second kappa shape index (κ2) is 13.3. The summed E-state index contributed by atoms with van der Waals surface area (Å²) in [6, 6.07) is 25.9. The van der Waals surface area contributed by atoms with Gasteiger partial charge in [-0.15, -0.1) is 0 Å². The molecule has 7 nitrogen and oxygen atoms in total. The number of rotatable bonds is 11. The van der Waals surface area contributed by atoms with E-state index in [1.54, 1.807) is 0 Å². The number of nitrogens with zero attached hydrogens (tertiary/aromatic N) is 2. The van der Waals surface area contributed by atoms with Gasteiger partial charge in [-0.2, -0.15) is 0 Å². The molecule has 2 N–H and O–H groups in total. The van der Waals surface area contributed by atoms with E-state index in [1.165, 1.54) is 11.1 Å². The summed E-state index contributed by atoms with van der Waals surface area (Å²) in [4.78, 5) is 37.2. The van der Waals surface area contributed by atoms with Gasteiger partial charge in [-0.3, -0.25) is 4.79 Å². The van der Waals surface area contributed by atoms with Crippen LogP contribution in [-0.4, -0.2) is 46.1 Å². The minimum Gasteiger partial charge on any atom is -0.449 e. The highest BCUT2D eigenvalue weighted by Gasteiger charge is 2.36. The third-order valence-corrected chi connectivity index (χ3v) is 8.81. The maximum Gasteiger partial charge on any atom is 0.407 e. The molecule has 6 rings (SSSR count). The molecule has 2 heterocycles. The summed E-state index contributed by atoms with van der Waals surface area (Å²) in [6.07, 6.45) is 7.70.